The van der Waals surface area contributed by atoms with Crippen LogP contribution in [0.5, 0.6) is 0 Å². The molecular weight excluding hydrogens is 292 g/mol. The molecule has 0 fully saturated rings. The zero-order valence-corrected chi connectivity index (χ0v) is 13.7. The average molecular weight is 313 g/mol. The highest BCUT2D eigenvalue weighted by molar-refractivity contribution is 8.16. The summed E-state index contributed by atoms with van der Waals surface area (Å²) in [6.45, 7) is 3.82. The Kier molecular flexibility index (Phi) is 7.27. The summed E-state index contributed by atoms with van der Waals surface area (Å²) in [5, 5.41) is 0. The number of hydrogen-bond donors (Lipinski definition) is 0. The van der Waals surface area contributed by atoms with Crippen LogP contribution in [0, 0.1) is 0 Å². The van der Waals surface area contributed by atoms with Crippen LogP contribution in [-0.2, 0) is 0 Å². The maximum atomic E-state index is 3.82. The standard InChI is InChI=1S/C19H20S2/c1-2-15-20-19(18-13-7-4-8-14-18)21-16-9-12-17-10-5-3-6-11-17/h2-14,19H,1,15-16H2/b12-9-. The molecule has 1 atom stereocenters. The van der Waals surface area contributed by atoms with Crippen LogP contribution >= 0.6 is 23.5 Å². The van der Waals surface area contributed by atoms with Crippen LogP contribution in [0.25, 0.3) is 6.08 Å². The summed E-state index contributed by atoms with van der Waals surface area (Å²) in [5.41, 5.74) is 2.63. The molecule has 0 aliphatic heterocycles. The van der Waals surface area contributed by atoms with Gasteiger partial charge in [0.25, 0.3) is 0 Å². The summed E-state index contributed by atoms with van der Waals surface area (Å²) in [5.74, 6) is 1.99. The van der Waals surface area contributed by atoms with E-state index in [1.165, 1.54) is 11.1 Å². The third-order valence-corrected chi connectivity index (χ3v) is 5.67. The average Bonchev–Trinajstić information content (AvgIpc) is 2.56. The molecule has 108 valence electrons. The smallest absolute Gasteiger partial charge is 0.0757 e. The predicted octanol–water partition coefficient (Wildman–Crippen LogP) is 6.05. The first-order chi connectivity index (χ1) is 10.4. The maximum Gasteiger partial charge on any atom is 0.0757 e. The van der Waals surface area contributed by atoms with Crippen molar-refractivity contribution in [2.75, 3.05) is 11.5 Å². The minimum Gasteiger partial charge on any atom is -0.139 e. The SMILES string of the molecule is C=CCSC(SC/C=C\c1ccccc1)c1ccccc1. The minimum atomic E-state index is 0.463. The van der Waals surface area contributed by atoms with Gasteiger partial charge in [0, 0.05) is 11.5 Å². The molecule has 0 saturated heterocycles. The van der Waals surface area contributed by atoms with Crippen molar-refractivity contribution >= 4 is 29.6 Å². The van der Waals surface area contributed by atoms with Gasteiger partial charge in [-0.3, -0.25) is 0 Å². The predicted molar refractivity (Wildman–Crippen MR) is 99.8 cm³/mol. The van der Waals surface area contributed by atoms with Gasteiger partial charge >= 0.3 is 0 Å². The Morgan fingerprint density at radius 1 is 0.857 bits per heavy atom. The summed E-state index contributed by atoms with van der Waals surface area (Å²) in [7, 11) is 0. The van der Waals surface area contributed by atoms with Crippen molar-refractivity contribution in [1.29, 1.82) is 0 Å². The Balaban J connectivity index is 1.90. The minimum absolute atomic E-state index is 0.463. The second-order valence-corrected chi connectivity index (χ2v) is 7.09. The molecule has 0 amide bonds. The molecule has 0 aromatic heterocycles. The molecule has 2 aromatic rings. The van der Waals surface area contributed by atoms with Gasteiger partial charge < -0.3 is 0 Å². The number of hydrogen-bond acceptors (Lipinski definition) is 2. The molecule has 21 heavy (non-hydrogen) atoms. The van der Waals surface area contributed by atoms with Gasteiger partial charge in [-0.1, -0.05) is 78.9 Å². The van der Waals surface area contributed by atoms with Crippen LogP contribution in [0.3, 0.4) is 0 Å². The highest BCUT2D eigenvalue weighted by Crippen LogP contribution is 2.39. The van der Waals surface area contributed by atoms with E-state index in [4.69, 9.17) is 0 Å². The lowest BCUT2D eigenvalue weighted by atomic mass is 10.2. The van der Waals surface area contributed by atoms with E-state index < -0.39 is 0 Å². The molecule has 0 spiro atoms. The van der Waals surface area contributed by atoms with Crippen molar-refractivity contribution in [2.45, 2.75) is 4.58 Å². The van der Waals surface area contributed by atoms with Crippen LogP contribution in [0.4, 0.5) is 0 Å². The van der Waals surface area contributed by atoms with Crippen molar-refractivity contribution in [3.63, 3.8) is 0 Å². The van der Waals surface area contributed by atoms with Gasteiger partial charge in [0.15, 0.2) is 0 Å². The van der Waals surface area contributed by atoms with Crippen molar-refractivity contribution < 1.29 is 0 Å². The Morgan fingerprint density at radius 2 is 1.48 bits per heavy atom. The number of benzene rings is 2. The zero-order valence-electron chi connectivity index (χ0n) is 12.0. The molecule has 2 rings (SSSR count). The normalized spacial score (nSPS) is 12.4. The monoisotopic (exact) mass is 312 g/mol. The van der Waals surface area contributed by atoms with Gasteiger partial charge in [-0.05, 0) is 11.1 Å². The fraction of sp³-hybridized carbons (Fsp3) is 0.158. The molecule has 0 radical (unpaired) electrons. The quantitative estimate of drug-likeness (QED) is 0.430. The van der Waals surface area contributed by atoms with Crippen molar-refractivity contribution in [3.8, 4) is 0 Å². The fourth-order valence-corrected chi connectivity index (χ4v) is 4.15. The molecule has 0 saturated carbocycles. The molecule has 0 bridgehead atoms. The maximum absolute atomic E-state index is 3.82. The molecule has 0 nitrogen and oxygen atoms in total. The second-order valence-electron chi connectivity index (χ2n) is 4.51. The molecule has 2 heteroatoms. The van der Waals surface area contributed by atoms with Crippen LogP contribution in [-0.4, -0.2) is 11.5 Å². The molecule has 1 unspecified atom stereocenters. The molecular formula is C19H20S2. The largest absolute Gasteiger partial charge is 0.139 e. The van der Waals surface area contributed by atoms with Crippen LogP contribution in [0.15, 0.2) is 79.4 Å². The first-order valence-electron chi connectivity index (χ1n) is 7.01. The first kappa shape index (κ1) is 16.0. The summed E-state index contributed by atoms with van der Waals surface area (Å²) < 4.78 is 0.463. The molecule has 2 aromatic carbocycles. The van der Waals surface area contributed by atoms with Gasteiger partial charge in [0.1, 0.15) is 0 Å². The van der Waals surface area contributed by atoms with Gasteiger partial charge in [-0.25, -0.2) is 0 Å². The van der Waals surface area contributed by atoms with Gasteiger partial charge in [-0.15, -0.1) is 30.1 Å². The van der Waals surface area contributed by atoms with E-state index in [0.29, 0.717) is 4.58 Å². The lowest BCUT2D eigenvalue weighted by Gasteiger charge is -2.14. The third kappa shape index (κ3) is 5.86. The van der Waals surface area contributed by atoms with E-state index in [0.717, 1.165) is 11.5 Å². The van der Waals surface area contributed by atoms with Crippen LogP contribution < -0.4 is 0 Å². The second kappa shape index (κ2) is 9.54. The topological polar surface area (TPSA) is 0 Å². The van der Waals surface area contributed by atoms with E-state index >= 15 is 0 Å². The van der Waals surface area contributed by atoms with Crippen molar-refractivity contribution in [2.24, 2.45) is 0 Å². The Hall–Kier alpha value is -1.38. The van der Waals surface area contributed by atoms with E-state index in [1.807, 2.05) is 35.7 Å². The van der Waals surface area contributed by atoms with Crippen molar-refractivity contribution in [1.82, 2.24) is 0 Å². The Labute approximate surface area is 136 Å². The van der Waals surface area contributed by atoms with E-state index in [-0.39, 0.29) is 0 Å². The Bertz CT molecular complexity index is 546. The first-order valence-corrected chi connectivity index (χ1v) is 9.10. The zero-order chi connectivity index (χ0) is 14.8. The Morgan fingerprint density at radius 3 is 2.14 bits per heavy atom. The summed E-state index contributed by atoms with van der Waals surface area (Å²) in [4.78, 5) is 0. The fourth-order valence-electron chi connectivity index (χ4n) is 1.90. The third-order valence-electron chi connectivity index (χ3n) is 2.89. The van der Waals surface area contributed by atoms with E-state index in [9.17, 15) is 0 Å². The van der Waals surface area contributed by atoms with Gasteiger partial charge in [-0.2, -0.15) is 0 Å². The highest BCUT2D eigenvalue weighted by Gasteiger charge is 2.10. The summed E-state index contributed by atoms with van der Waals surface area (Å²) in [6.07, 6.45) is 6.40. The van der Waals surface area contributed by atoms with Crippen molar-refractivity contribution in [3.05, 3.63) is 90.5 Å². The summed E-state index contributed by atoms with van der Waals surface area (Å²) >= 11 is 3.89. The molecule has 0 heterocycles. The number of rotatable bonds is 8. The lowest BCUT2D eigenvalue weighted by Crippen LogP contribution is -1.91. The van der Waals surface area contributed by atoms with Crippen LogP contribution in [0.2, 0.25) is 0 Å². The lowest BCUT2D eigenvalue weighted by molar-refractivity contribution is 1.37. The highest BCUT2D eigenvalue weighted by atomic mass is 32.2. The molecule has 0 aliphatic carbocycles. The summed E-state index contributed by atoms with van der Waals surface area (Å²) in [6, 6.07) is 21.1. The van der Waals surface area contributed by atoms with Crippen LogP contribution in [0.1, 0.15) is 15.7 Å². The van der Waals surface area contributed by atoms with Gasteiger partial charge in [0.05, 0.1) is 4.58 Å². The van der Waals surface area contributed by atoms with E-state index in [2.05, 4.69) is 73.3 Å². The van der Waals surface area contributed by atoms with Gasteiger partial charge in [0.2, 0.25) is 0 Å². The molecule has 0 N–H and O–H groups in total. The molecule has 0 aliphatic rings. The van der Waals surface area contributed by atoms with E-state index in [1.54, 1.807) is 0 Å². The number of thioether (sulfide) groups is 2.